The van der Waals surface area contributed by atoms with Crippen LogP contribution >= 0.6 is 0 Å². The number of hydrogen-bond donors (Lipinski definition) is 2. The minimum absolute atomic E-state index is 0.0939. The van der Waals surface area contributed by atoms with E-state index in [1.807, 2.05) is 0 Å². The number of carbonyl (C=O) groups is 3. The number of benzene rings is 1. The minimum Gasteiger partial charge on any atom is -0.459 e. The molecule has 0 spiro atoms. The molecule has 0 radical (unpaired) electrons. The third-order valence-corrected chi connectivity index (χ3v) is 4.22. The normalized spacial score (nSPS) is 11.8. The van der Waals surface area contributed by atoms with Gasteiger partial charge in [0.05, 0.1) is 11.7 Å². The van der Waals surface area contributed by atoms with Crippen LogP contribution in [0.5, 0.6) is 0 Å². The summed E-state index contributed by atoms with van der Waals surface area (Å²) in [5.41, 5.74) is 1.96. The van der Waals surface area contributed by atoms with Gasteiger partial charge >= 0.3 is 11.9 Å². The Kier molecular flexibility index (Phi) is 7.14. The van der Waals surface area contributed by atoms with Crippen molar-refractivity contribution >= 4 is 17.8 Å². The lowest BCUT2D eigenvalue weighted by Crippen LogP contribution is -2.35. The highest BCUT2D eigenvalue weighted by Crippen LogP contribution is 2.21. The number of nitrogens with one attached hydrogen (secondary N) is 2. The lowest BCUT2D eigenvalue weighted by Gasteiger charge is -2.13. The average Bonchev–Trinajstić information content (AvgIpc) is 2.94. The van der Waals surface area contributed by atoms with Crippen molar-refractivity contribution in [3.63, 3.8) is 0 Å². The highest BCUT2D eigenvalue weighted by Gasteiger charge is 2.26. The van der Waals surface area contributed by atoms with Crippen molar-refractivity contribution in [3.05, 3.63) is 58.2 Å². The Morgan fingerprint density at radius 3 is 2.24 bits per heavy atom. The molecule has 29 heavy (non-hydrogen) atoms. The number of aromatic nitrogens is 1. The Labute approximate surface area is 168 Å². The Morgan fingerprint density at radius 2 is 1.66 bits per heavy atom. The first-order chi connectivity index (χ1) is 13.6. The van der Waals surface area contributed by atoms with Crippen molar-refractivity contribution in [2.75, 3.05) is 0 Å². The first-order valence-electron chi connectivity index (χ1n) is 9.23. The molecular weight excluding hydrogens is 379 g/mol. The fraction of sp³-hybridized carbons (Fsp3) is 0.381. The number of aromatic amines is 1. The van der Waals surface area contributed by atoms with Gasteiger partial charge in [0, 0.05) is 12.2 Å². The molecule has 0 aliphatic heterocycles. The molecule has 0 bridgehead atoms. The van der Waals surface area contributed by atoms with Gasteiger partial charge in [-0.15, -0.1) is 0 Å². The zero-order valence-electron chi connectivity index (χ0n) is 17.1. The van der Waals surface area contributed by atoms with Crippen LogP contribution in [0, 0.1) is 19.7 Å². The quantitative estimate of drug-likeness (QED) is 0.691. The van der Waals surface area contributed by atoms with Crippen molar-refractivity contribution in [1.29, 1.82) is 0 Å². The number of esters is 2. The van der Waals surface area contributed by atoms with Gasteiger partial charge in [0.25, 0.3) is 5.91 Å². The van der Waals surface area contributed by atoms with Crippen LogP contribution in [-0.4, -0.2) is 35.0 Å². The number of ether oxygens (including phenoxy) is 2. The van der Waals surface area contributed by atoms with E-state index in [2.05, 4.69) is 10.3 Å². The lowest BCUT2D eigenvalue weighted by molar-refractivity contribution is -0.129. The number of halogens is 1. The summed E-state index contributed by atoms with van der Waals surface area (Å²) in [6.45, 7) is 8.34. The van der Waals surface area contributed by atoms with Crippen molar-refractivity contribution in [3.8, 4) is 0 Å². The predicted molar refractivity (Wildman–Crippen MR) is 104 cm³/mol. The summed E-state index contributed by atoms with van der Waals surface area (Å²) in [6, 6.07) is 5.69. The monoisotopic (exact) mass is 404 g/mol. The third-order valence-electron chi connectivity index (χ3n) is 4.22. The topological polar surface area (TPSA) is 97.5 Å². The minimum atomic E-state index is -1.06. The van der Waals surface area contributed by atoms with Crippen LogP contribution in [0.4, 0.5) is 4.39 Å². The maximum Gasteiger partial charge on any atom is 0.355 e. The summed E-state index contributed by atoms with van der Waals surface area (Å²) in [6.07, 6.45) is -1.35. The summed E-state index contributed by atoms with van der Waals surface area (Å²) >= 11 is 0. The predicted octanol–water partition coefficient (Wildman–Crippen LogP) is 3.20. The van der Waals surface area contributed by atoms with Crippen LogP contribution in [0.3, 0.4) is 0 Å². The highest BCUT2D eigenvalue weighted by atomic mass is 19.1. The summed E-state index contributed by atoms with van der Waals surface area (Å²) in [4.78, 5) is 39.7. The lowest BCUT2D eigenvalue weighted by atomic mass is 10.1. The average molecular weight is 404 g/mol. The van der Waals surface area contributed by atoms with Crippen LogP contribution in [0.2, 0.25) is 0 Å². The Bertz CT molecular complexity index is 903. The second kappa shape index (κ2) is 9.36. The Hall–Kier alpha value is -3.16. The molecule has 2 N–H and O–H groups in total. The fourth-order valence-corrected chi connectivity index (χ4v) is 2.74. The molecule has 0 unspecified atom stereocenters. The Balaban J connectivity index is 2.00. The van der Waals surface area contributed by atoms with E-state index in [1.54, 1.807) is 39.8 Å². The molecule has 1 atom stereocenters. The fourth-order valence-electron chi connectivity index (χ4n) is 2.74. The van der Waals surface area contributed by atoms with Crippen LogP contribution in [0.1, 0.15) is 58.4 Å². The third kappa shape index (κ3) is 5.66. The second-order valence-corrected chi connectivity index (χ2v) is 6.97. The van der Waals surface area contributed by atoms with Crippen LogP contribution in [0.15, 0.2) is 24.3 Å². The van der Waals surface area contributed by atoms with E-state index in [0.717, 1.165) is 0 Å². The number of amides is 1. The summed E-state index contributed by atoms with van der Waals surface area (Å²) in [5.74, 6) is -2.15. The molecule has 2 rings (SSSR count). The molecule has 1 aromatic heterocycles. The first kappa shape index (κ1) is 22.1. The SMILES string of the molecule is Cc1[nH]c(C(=O)O[C@@H](C)C(=O)NCc2ccc(F)cc2)c(C)c1C(=O)OC(C)C. The Morgan fingerprint density at radius 1 is 1.03 bits per heavy atom. The number of hydrogen-bond acceptors (Lipinski definition) is 5. The molecule has 0 saturated heterocycles. The molecule has 1 aromatic carbocycles. The smallest absolute Gasteiger partial charge is 0.355 e. The van der Waals surface area contributed by atoms with Gasteiger partial charge in [-0.2, -0.15) is 0 Å². The van der Waals surface area contributed by atoms with Gasteiger partial charge < -0.3 is 19.8 Å². The number of H-pyrrole nitrogens is 1. The van der Waals surface area contributed by atoms with Gasteiger partial charge in [0.1, 0.15) is 11.5 Å². The molecule has 0 saturated carbocycles. The van der Waals surface area contributed by atoms with E-state index in [9.17, 15) is 18.8 Å². The van der Waals surface area contributed by atoms with E-state index in [4.69, 9.17) is 9.47 Å². The van der Waals surface area contributed by atoms with Gasteiger partial charge in [-0.3, -0.25) is 4.79 Å². The van der Waals surface area contributed by atoms with Gasteiger partial charge in [0.2, 0.25) is 0 Å². The van der Waals surface area contributed by atoms with E-state index in [-0.39, 0.29) is 29.7 Å². The number of aryl methyl sites for hydroxylation is 1. The molecule has 0 fully saturated rings. The summed E-state index contributed by atoms with van der Waals surface area (Å²) in [5, 5.41) is 2.62. The maximum absolute atomic E-state index is 12.9. The number of rotatable bonds is 7. The first-order valence-corrected chi connectivity index (χ1v) is 9.23. The van der Waals surface area contributed by atoms with Crippen molar-refractivity contribution in [2.24, 2.45) is 0 Å². The van der Waals surface area contributed by atoms with Crippen LogP contribution in [-0.2, 0) is 20.8 Å². The molecule has 156 valence electrons. The van der Waals surface area contributed by atoms with Gasteiger partial charge in [0.15, 0.2) is 6.10 Å². The van der Waals surface area contributed by atoms with Crippen molar-refractivity contribution < 1.29 is 28.2 Å². The molecule has 2 aromatic rings. The van der Waals surface area contributed by atoms with Gasteiger partial charge in [-0.1, -0.05) is 12.1 Å². The van der Waals surface area contributed by atoms with Crippen molar-refractivity contribution in [1.82, 2.24) is 10.3 Å². The van der Waals surface area contributed by atoms with E-state index in [0.29, 0.717) is 16.8 Å². The standard InChI is InChI=1S/C21H25FN2O5/c1-11(2)28-20(26)17-12(3)18(24-13(17)4)21(27)29-14(5)19(25)23-10-15-6-8-16(22)9-7-15/h6-9,11,14,24H,10H2,1-5H3,(H,23,25)/t14-/m0/s1. The molecule has 0 aliphatic rings. The van der Waals surface area contributed by atoms with Crippen LogP contribution < -0.4 is 5.32 Å². The summed E-state index contributed by atoms with van der Waals surface area (Å²) < 4.78 is 23.3. The summed E-state index contributed by atoms with van der Waals surface area (Å²) in [7, 11) is 0. The van der Waals surface area contributed by atoms with E-state index >= 15 is 0 Å². The molecule has 1 amide bonds. The van der Waals surface area contributed by atoms with E-state index in [1.165, 1.54) is 19.1 Å². The zero-order chi connectivity index (χ0) is 21.7. The second-order valence-electron chi connectivity index (χ2n) is 6.97. The van der Waals surface area contributed by atoms with Gasteiger partial charge in [-0.25, -0.2) is 14.0 Å². The molecule has 1 heterocycles. The maximum atomic E-state index is 12.9. The van der Waals surface area contributed by atoms with Crippen LogP contribution in [0.25, 0.3) is 0 Å². The number of carbonyl (C=O) groups excluding carboxylic acids is 3. The zero-order valence-corrected chi connectivity index (χ0v) is 17.1. The van der Waals surface area contributed by atoms with Crippen molar-refractivity contribution in [2.45, 2.75) is 53.4 Å². The molecule has 8 heteroatoms. The van der Waals surface area contributed by atoms with Gasteiger partial charge in [-0.05, 0) is 57.9 Å². The molecular formula is C21H25FN2O5. The molecule has 0 aliphatic carbocycles. The largest absolute Gasteiger partial charge is 0.459 e. The highest BCUT2D eigenvalue weighted by molar-refractivity contribution is 5.99. The van der Waals surface area contributed by atoms with E-state index < -0.39 is 23.9 Å². The molecule has 7 nitrogen and oxygen atoms in total.